The van der Waals surface area contributed by atoms with Crippen LogP contribution in [0.1, 0.15) is 13.8 Å². The molecule has 3 nitrogen and oxygen atoms in total. The Morgan fingerprint density at radius 3 is 2.40 bits per heavy atom. The van der Waals surface area contributed by atoms with Crippen molar-refractivity contribution in [1.29, 1.82) is 0 Å². The van der Waals surface area contributed by atoms with Crippen LogP contribution in [0.2, 0.25) is 10.0 Å². The molecule has 2 aromatic heterocycles. The van der Waals surface area contributed by atoms with Crippen LogP contribution in [0.25, 0.3) is 22.5 Å². The lowest BCUT2D eigenvalue weighted by Gasteiger charge is -2.18. The Hall–Kier alpha value is -2.17. The summed E-state index contributed by atoms with van der Waals surface area (Å²) in [6.45, 7) is 3.94. The first kappa shape index (κ1) is 17.6. The molecule has 3 rings (SSSR count). The molecular weight excluding hydrogens is 360 g/mol. The minimum absolute atomic E-state index is 0.0758. The zero-order chi connectivity index (χ0) is 18.0. The number of halogens is 3. The molecule has 0 fully saturated rings. The molecule has 2 heterocycles. The summed E-state index contributed by atoms with van der Waals surface area (Å²) in [7, 11) is 0. The Morgan fingerprint density at radius 1 is 0.960 bits per heavy atom. The minimum Gasteiger partial charge on any atom is -0.367 e. The molecule has 0 aliphatic carbocycles. The van der Waals surface area contributed by atoms with Crippen LogP contribution in [0.5, 0.6) is 0 Å². The third kappa shape index (κ3) is 3.75. The summed E-state index contributed by atoms with van der Waals surface area (Å²) in [5, 5.41) is 3.86. The first-order valence-corrected chi connectivity index (χ1v) is 8.56. The number of pyridine rings is 2. The highest BCUT2D eigenvalue weighted by Gasteiger charge is 2.20. The zero-order valence-electron chi connectivity index (χ0n) is 13.7. The van der Waals surface area contributed by atoms with Gasteiger partial charge in [0, 0.05) is 23.4 Å². The topological polar surface area (TPSA) is 37.8 Å². The van der Waals surface area contributed by atoms with E-state index >= 15 is 0 Å². The second kappa shape index (κ2) is 7.38. The quantitative estimate of drug-likeness (QED) is 0.600. The molecule has 0 spiro atoms. The van der Waals surface area contributed by atoms with Crippen LogP contribution in [-0.4, -0.2) is 16.0 Å². The molecule has 0 bridgehead atoms. The average molecular weight is 376 g/mol. The number of hydrogen-bond donors (Lipinski definition) is 1. The summed E-state index contributed by atoms with van der Waals surface area (Å²) in [6, 6.07) is 11.8. The molecule has 1 N–H and O–H groups in total. The average Bonchev–Trinajstić information content (AvgIpc) is 2.57. The second-order valence-corrected chi connectivity index (χ2v) is 6.64. The maximum Gasteiger partial charge on any atom is 0.136 e. The van der Waals surface area contributed by atoms with E-state index in [0.717, 1.165) is 0 Å². The Morgan fingerprint density at radius 2 is 1.76 bits per heavy atom. The number of benzene rings is 1. The van der Waals surface area contributed by atoms with Crippen molar-refractivity contribution in [1.82, 2.24) is 9.97 Å². The van der Waals surface area contributed by atoms with Gasteiger partial charge in [-0.05, 0) is 44.2 Å². The number of hydrogen-bond acceptors (Lipinski definition) is 3. The van der Waals surface area contributed by atoms with Crippen molar-refractivity contribution in [2.24, 2.45) is 0 Å². The van der Waals surface area contributed by atoms with Crippen LogP contribution < -0.4 is 5.32 Å². The molecule has 1 aromatic carbocycles. The van der Waals surface area contributed by atoms with Gasteiger partial charge >= 0.3 is 0 Å². The maximum absolute atomic E-state index is 14.4. The lowest BCUT2D eigenvalue weighted by atomic mass is 10.0. The highest BCUT2D eigenvalue weighted by molar-refractivity contribution is 6.37. The van der Waals surface area contributed by atoms with E-state index < -0.39 is 5.82 Å². The van der Waals surface area contributed by atoms with Gasteiger partial charge in [-0.3, -0.25) is 4.98 Å². The van der Waals surface area contributed by atoms with Crippen LogP contribution in [-0.2, 0) is 0 Å². The van der Waals surface area contributed by atoms with Crippen molar-refractivity contribution in [2.45, 2.75) is 19.9 Å². The summed E-state index contributed by atoms with van der Waals surface area (Å²) in [5.41, 5.74) is 1.96. The van der Waals surface area contributed by atoms with Crippen molar-refractivity contribution in [3.63, 3.8) is 0 Å². The summed E-state index contributed by atoms with van der Waals surface area (Å²) in [5.74, 6) is 0.0174. The van der Waals surface area contributed by atoms with Crippen LogP contribution in [0.15, 0.2) is 48.7 Å². The first-order chi connectivity index (χ1) is 12.0. The Bertz CT molecular complexity index is 878. The molecule has 0 amide bonds. The SMILES string of the molecule is CC(C)Nc1nc(-c2ccccn2)cc(Cl)c1-c1c(F)cccc1Cl. The predicted molar refractivity (Wildman–Crippen MR) is 102 cm³/mol. The van der Waals surface area contributed by atoms with Gasteiger partial charge in [-0.2, -0.15) is 0 Å². The molecule has 0 radical (unpaired) electrons. The molecule has 0 saturated heterocycles. The van der Waals surface area contributed by atoms with Gasteiger partial charge in [0.15, 0.2) is 0 Å². The Balaban J connectivity index is 2.25. The van der Waals surface area contributed by atoms with Crippen molar-refractivity contribution in [2.75, 3.05) is 5.32 Å². The summed E-state index contributed by atoms with van der Waals surface area (Å²) >= 11 is 12.7. The van der Waals surface area contributed by atoms with Gasteiger partial charge in [-0.15, -0.1) is 0 Å². The van der Waals surface area contributed by atoms with E-state index in [1.807, 2.05) is 32.0 Å². The third-order valence-corrected chi connectivity index (χ3v) is 4.15. The molecule has 6 heteroatoms. The highest BCUT2D eigenvalue weighted by atomic mass is 35.5. The Labute approximate surface area is 155 Å². The highest BCUT2D eigenvalue weighted by Crippen LogP contribution is 2.41. The molecule has 0 aliphatic rings. The van der Waals surface area contributed by atoms with Crippen LogP contribution in [0.3, 0.4) is 0 Å². The molecule has 25 heavy (non-hydrogen) atoms. The summed E-state index contributed by atoms with van der Waals surface area (Å²) in [4.78, 5) is 8.92. The fourth-order valence-corrected chi connectivity index (χ4v) is 3.06. The monoisotopic (exact) mass is 375 g/mol. The van der Waals surface area contributed by atoms with Gasteiger partial charge in [0.1, 0.15) is 11.6 Å². The molecule has 3 aromatic rings. The van der Waals surface area contributed by atoms with E-state index in [0.29, 0.717) is 27.8 Å². The summed E-state index contributed by atoms with van der Waals surface area (Å²) < 4.78 is 14.4. The lowest BCUT2D eigenvalue weighted by molar-refractivity contribution is 0.631. The van der Waals surface area contributed by atoms with E-state index in [9.17, 15) is 4.39 Å². The maximum atomic E-state index is 14.4. The summed E-state index contributed by atoms with van der Waals surface area (Å²) in [6.07, 6.45) is 1.68. The molecule has 0 saturated carbocycles. The van der Waals surface area contributed by atoms with Gasteiger partial charge < -0.3 is 5.32 Å². The van der Waals surface area contributed by atoms with Gasteiger partial charge in [0.2, 0.25) is 0 Å². The standard InChI is InChI=1S/C19H16Cl2FN3/c1-11(2)24-19-18(17-12(20)6-5-7-14(17)22)13(21)10-16(25-19)15-8-3-4-9-23-15/h3-11H,1-2H3,(H,24,25). The molecule has 0 unspecified atom stereocenters. The smallest absolute Gasteiger partial charge is 0.136 e. The van der Waals surface area contributed by atoms with Crippen molar-refractivity contribution < 1.29 is 4.39 Å². The van der Waals surface area contributed by atoms with Gasteiger partial charge in [0.05, 0.1) is 21.4 Å². The number of rotatable bonds is 4. The predicted octanol–water partition coefficient (Wildman–Crippen LogP) is 6.08. The van der Waals surface area contributed by atoms with Crippen molar-refractivity contribution in [3.8, 4) is 22.5 Å². The number of anilines is 1. The van der Waals surface area contributed by atoms with E-state index in [1.54, 1.807) is 24.4 Å². The third-order valence-electron chi connectivity index (χ3n) is 3.54. The minimum atomic E-state index is -0.450. The Kier molecular flexibility index (Phi) is 5.21. The van der Waals surface area contributed by atoms with Crippen LogP contribution in [0.4, 0.5) is 10.2 Å². The molecule has 0 atom stereocenters. The van der Waals surface area contributed by atoms with Crippen LogP contribution in [0, 0.1) is 5.82 Å². The normalized spacial score (nSPS) is 11.0. The van der Waals surface area contributed by atoms with E-state index in [-0.39, 0.29) is 16.6 Å². The number of nitrogens with one attached hydrogen (secondary N) is 1. The lowest BCUT2D eigenvalue weighted by Crippen LogP contribution is -2.13. The van der Waals surface area contributed by atoms with Crippen LogP contribution >= 0.6 is 23.2 Å². The largest absolute Gasteiger partial charge is 0.367 e. The molecule has 128 valence electrons. The number of nitrogens with zero attached hydrogens (tertiary/aromatic N) is 2. The zero-order valence-corrected chi connectivity index (χ0v) is 15.2. The number of aromatic nitrogens is 2. The van der Waals surface area contributed by atoms with E-state index in [1.165, 1.54) is 6.07 Å². The van der Waals surface area contributed by atoms with Gasteiger partial charge in [0.25, 0.3) is 0 Å². The van der Waals surface area contributed by atoms with E-state index in [2.05, 4.69) is 15.3 Å². The fraction of sp³-hybridized carbons (Fsp3) is 0.158. The van der Waals surface area contributed by atoms with Gasteiger partial charge in [-0.1, -0.05) is 35.3 Å². The van der Waals surface area contributed by atoms with Crippen molar-refractivity contribution >= 4 is 29.0 Å². The molecule has 0 aliphatic heterocycles. The molecular formula is C19H16Cl2FN3. The van der Waals surface area contributed by atoms with E-state index in [4.69, 9.17) is 23.2 Å². The van der Waals surface area contributed by atoms with Crippen molar-refractivity contribution in [3.05, 3.63) is 64.5 Å². The fourth-order valence-electron chi connectivity index (χ4n) is 2.51. The van der Waals surface area contributed by atoms with Gasteiger partial charge in [-0.25, -0.2) is 9.37 Å². The second-order valence-electron chi connectivity index (χ2n) is 5.82. The first-order valence-electron chi connectivity index (χ1n) is 7.80.